The van der Waals surface area contributed by atoms with E-state index in [0.717, 1.165) is 31.6 Å². The zero-order chi connectivity index (χ0) is 23.0. The summed E-state index contributed by atoms with van der Waals surface area (Å²) in [7, 11) is 0. The molecular formula is C25H18Br2N4OS. The van der Waals surface area contributed by atoms with Crippen molar-refractivity contribution in [3.05, 3.63) is 106 Å². The van der Waals surface area contributed by atoms with Crippen molar-refractivity contribution in [2.75, 3.05) is 10.0 Å². The normalized spacial score (nSPS) is 19.6. The second kappa shape index (κ2) is 8.93. The number of hydrogen-bond donors (Lipinski definition) is 0. The molecule has 0 radical (unpaired) electrons. The Kier molecular flexibility index (Phi) is 5.99. The van der Waals surface area contributed by atoms with Crippen LogP contribution in [0.25, 0.3) is 0 Å². The number of hydrazone groups is 2. The minimum atomic E-state index is -0.866. The van der Waals surface area contributed by atoms with Crippen LogP contribution in [0.15, 0.2) is 110 Å². The Hall–Kier alpha value is -2.68. The number of halogens is 2. The van der Waals surface area contributed by atoms with Gasteiger partial charge in [-0.15, -0.1) is 0 Å². The van der Waals surface area contributed by atoms with E-state index in [1.165, 1.54) is 11.8 Å². The van der Waals surface area contributed by atoms with Crippen molar-refractivity contribution >= 4 is 71.5 Å². The van der Waals surface area contributed by atoms with Crippen LogP contribution in [0.4, 0.5) is 11.4 Å². The van der Waals surface area contributed by atoms with E-state index in [2.05, 4.69) is 37.9 Å². The summed E-state index contributed by atoms with van der Waals surface area (Å²) >= 11 is 8.39. The minimum absolute atomic E-state index is 0.0805. The molecule has 0 aromatic heterocycles. The van der Waals surface area contributed by atoms with Gasteiger partial charge in [0.05, 0.1) is 17.1 Å². The van der Waals surface area contributed by atoms with Gasteiger partial charge in [-0.05, 0) is 72.4 Å². The first-order chi connectivity index (χ1) is 16.0. The molecule has 0 N–H and O–H groups in total. The molecule has 3 aromatic carbocycles. The molecule has 5 nitrogen and oxygen atoms in total. The summed E-state index contributed by atoms with van der Waals surface area (Å²) in [4.78, 5) is 11.5. The molecule has 2 aliphatic rings. The number of carbonyl (C=O) groups is 1. The van der Waals surface area contributed by atoms with Gasteiger partial charge in [-0.2, -0.15) is 10.2 Å². The SMILES string of the molecule is CC(=O)C1=NN(c2ccc(Br)cc2)[C@]2(C=CC(c3ccc(Br)cc3)=NN2c2ccccc2)S1. The van der Waals surface area contributed by atoms with Crippen LogP contribution in [0.5, 0.6) is 0 Å². The molecule has 0 bridgehead atoms. The number of Topliss-reactive ketones (excluding diaryl/α,β-unsaturated/α-hetero) is 1. The van der Waals surface area contributed by atoms with Gasteiger partial charge in [-0.25, -0.2) is 10.0 Å². The van der Waals surface area contributed by atoms with Crippen LogP contribution in [-0.2, 0) is 4.79 Å². The summed E-state index contributed by atoms with van der Waals surface area (Å²) in [5.74, 6) is -0.0805. The number of hydrogen-bond acceptors (Lipinski definition) is 6. The van der Waals surface area contributed by atoms with Crippen molar-refractivity contribution in [3.63, 3.8) is 0 Å². The number of anilines is 2. The van der Waals surface area contributed by atoms with E-state index in [-0.39, 0.29) is 5.78 Å². The molecule has 0 saturated carbocycles. The lowest BCUT2D eigenvalue weighted by Crippen LogP contribution is -2.53. The number of carbonyl (C=O) groups excluding carboxylic acids is 1. The molecule has 164 valence electrons. The Labute approximate surface area is 213 Å². The second-order valence-corrected chi connectivity index (χ2v) is 10.5. The van der Waals surface area contributed by atoms with Crippen LogP contribution in [0.2, 0.25) is 0 Å². The third-order valence-corrected chi connectivity index (χ3v) is 7.63. The van der Waals surface area contributed by atoms with Gasteiger partial charge in [0.1, 0.15) is 0 Å². The molecule has 0 amide bonds. The fraction of sp³-hybridized carbons (Fsp3) is 0.0800. The van der Waals surface area contributed by atoms with Gasteiger partial charge in [-0.1, -0.05) is 62.2 Å². The van der Waals surface area contributed by atoms with Crippen molar-refractivity contribution in [1.82, 2.24) is 0 Å². The zero-order valence-corrected chi connectivity index (χ0v) is 21.5. The van der Waals surface area contributed by atoms with Crippen molar-refractivity contribution in [2.45, 2.75) is 11.9 Å². The lowest BCUT2D eigenvalue weighted by atomic mass is 10.1. The van der Waals surface area contributed by atoms with Crippen molar-refractivity contribution < 1.29 is 4.79 Å². The number of benzene rings is 3. The molecule has 0 unspecified atom stereocenters. The van der Waals surface area contributed by atoms with Gasteiger partial charge in [0.15, 0.2) is 10.8 Å². The largest absolute Gasteiger partial charge is 0.292 e. The molecule has 5 rings (SSSR count). The average Bonchev–Trinajstić information content (AvgIpc) is 3.21. The molecule has 2 heterocycles. The van der Waals surface area contributed by atoms with Gasteiger partial charge >= 0.3 is 0 Å². The first-order valence-electron chi connectivity index (χ1n) is 10.2. The number of para-hydroxylation sites is 1. The molecule has 0 fully saturated rings. The van der Waals surface area contributed by atoms with E-state index in [0.29, 0.717) is 5.04 Å². The summed E-state index contributed by atoms with van der Waals surface area (Å²) in [6.45, 7) is 1.54. The first kappa shape index (κ1) is 22.1. The molecule has 0 aliphatic carbocycles. The lowest BCUT2D eigenvalue weighted by Gasteiger charge is -2.43. The van der Waals surface area contributed by atoms with E-state index in [1.54, 1.807) is 6.92 Å². The van der Waals surface area contributed by atoms with Gasteiger partial charge < -0.3 is 0 Å². The molecular weight excluding hydrogens is 564 g/mol. The van der Waals surface area contributed by atoms with Crippen molar-refractivity contribution in [2.24, 2.45) is 10.2 Å². The number of rotatable bonds is 4. The fourth-order valence-electron chi connectivity index (χ4n) is 3.63. The van der Waals surface area contributed by atoms with Crippen LogP contribution >= 0.6 is 43.6 Å². The van der Waals surface area contributed by atoms with E-state index < -0.39 is 4.99 Å². The topological polar surface area (TPSA) is 48.3 Å². The van der Waals surface area contributed by atoms with Gasteiger partial charge in [-0.3, -0.25) is 4.79 Å². The highest BCUT2D eigenvalue weighted by Gasteiger charge is 2.50. The van der Waals surface area contributed by atoms with Gasteiger partial charge in [0.25, 0.3) is 0 Å². The number of nitrogens with zero attached hydrogens (tertiary/aromatic N) is 4. The monoisotopic (exact) mass is 580 g/mol. The van der Waals surface area contributed by atoms with E-state index in [9.17, 15) is 4.79 Å². The highest BCUT2D eigenvalue weighted by Crippen LogP contribution is 2.48. The zero-order valence-electron chi connectivity index (χ0n) is 17.5. The van der Waals surface area contributed by atoms with Crippen LogP contribution < -0.4 is 10.0 Å². The molecule has 2 aliphatic heterocycles. The van der Waals surface area contributed by atoms with Gasteiger partial charge in [0, 0.05) is 21.4 Å². The van der Waals surface area contributed by atoms with E-state index >= 15 is 0 Å². The summed E-state index contributed by atoms with van der Waals surface area (Å²) in [5, 5.41) is 14.0. The Morgan fingerprint density at radius 2 is 1.39 bits per heavy atom. The molecule has 1 spiro atoms. The summed E-state index contributed by atoms with van der Waals surface area (Å²) in [5.41, 5.74) is 3.57. The second-order valence-electron chi connectivity index (χ2n) is 7.48. The maximum Gasteiger partial charge on any atom is 0.227 e. The lowest BCUT2D eigenvalue weighted by molar-refractivity contribution is -0.110. The van der Waals surface area contributed by atoms with Crippen LogP contribution in [0, 0.1) is 0 Å². The Morgan fingerprint density at radius 3 is 2.03 bits per heavy atom. The van der Waals surface area contributed by atoms with Crippen LogP contribution in [-0.4, -0.2) is 21.5 Å². The summed E-state index contributed by atoms with van der Waals surface area (Å²) in [6, 6.07) is 25.9. The smallest absolute Gasteiger partial charge is 0.227 e. The van der Waals surface area contributed by atoms with Crippen molar-refractivity contribution in [3.8, 4) is 0 Å². The Morgan fingerprint density at radius 1 is 0.818 bits per heavy atom. The van der Waals surface area contributed by atoms with Crippen molar-refractivity contribution in [1.29, 1.82) is 0 Å². The van der Waals surface area contributed by atoms with Crippen LogP contribution in [0.1, 0.15) is 12.5 Å². The predicted molar refractivity (Wildman–Crippen MR) is 144 cm³/mol. The van der Waals surface area contributed by atoms with Crippen LogP contribution in [0.3, 0.4) is 0 Å². The third kappa shape index (κ3) is 4.18. The molecule has 8 heteroatoms. The summed E-state index contributed by atoms with van der Waals surface area (Å²) < 4.78 is 1.98. The number of allylic oxidation sites excluding steroid dienone is 1. The third-order valence-electron chi connectivity index (χ3n) is 5.22. The summed E-state index contributed by atoms with van der Waals surface area (Å²) in [6.07, 6.45) is 4.07. The highest BCUT2D eigenvalue weighted by atomic mass is 79.9. The average molecular weight is 582 g/mol. The van der Waals surface area contributed by atoms with E-state index in [4.69, 9.17) is 10.2 Å². The molecule has 3 aromatic rings. The van der Waals surface area contributed by atoms with E-state index in [1.807, 2.05) is 95.0 Å². The standard InChI is InChI=1S/C25H18Br2N4OS/c1-17(32)24-29-31(22-13-11-20(27)12-14-22)25(33-24)16-15-23(18-7-9-19(26)10-8-18)28-30(25)21-5-3-2-4-6-21/h2-16H,1H3/t25-/m1/s1. The fourth-order valence-corrected chi connectivity index (χ4v) is 5.31. The molecule has 1 atom stereocenters. The predicted octanol–water partition coefficient (Wildman–Crippen LogP) is 6.80. The number of ketones is 1. The first-order valence-corrected chi connectivity index (χ1v) is 12.6. The maximum atomic E-state index is 12.4. The highest BCUT2D eigenvalue weighted by molar-refractivity contribution is 9.10. The Balaban J connectivity index is 1.67. The van der Waals surface area contributed by atoms with Gasteiger partial charge in [0.2, 0.25) is 4.99 Å². The molecule has 0 saturated heterocycles. The Bertz CT molecular complexity index is 1290. The maximum absolute atomic E-state index is 12.4. The quantitative estimate of drug-likeness (QED) is 0.340. The number of thioether (sulfide) groups is 1. The molecule has 33 heavy (non-hydrogen) atoms. The minimum Gasteiger partial charge on any atom is -0.292 e.